The molecule has 1 unspecified atom stereocenters. The molecule has 1 aromatic heterocycles. The average Bonchev–Trinajstić information content (AvgIpc) is 2.32. The predicted octanol–water partition coefficient (Wildman–Crippen LogP) is 0.600. The number of carboxylic acid groups (broad SMARTS) is 1. The van der Waals surface area contributed by atoms with E-state index in [0.717, 1.165) is 0 Å². The Kier molecular flexibility index (Phi) is 2.78. The molecule has 5 nitrogen and oxygen atoms in total. The van der Waals surface area contributed by atoms with Gasteiger partial charge in [0.1, 0.15) is 0 Å². The van der Waals surface area contributed by atoms with Crippen molar-refractivity contribution in [3.63, 3.8) is 0 Å². The van der Waals surface area contributed by atoms with Crippen LogP contribution >= 0.6 is 0 Å². The Morgan fingerprint density at radius 2 is 2.21 bits per heavy atom. The van der Waals surface area contributed by atoms with Crippen molar-refractivity contribution in [2.75, 3.05) is 0 Å². The highest BCUT2D eigenvalue weighted by Gasteiger charge is 2.16. The van der Waals surface area contributed by atoms with E-state index in [4.69, 9.17) is 5.11 Å². The van der Waals surface area contributed by atoms with Crippen LogP contribution in [-0.2, 0) is 11.8 Å². The van der Waals surface area contributed by atoms with Gasteiger partial charge in [0.05, 0.1) is 6.42 Å². The fraction of sp³-hybridized carbons (Fsp3) is 0.556. The predicted molar refractivity (Wildman–Crippen MR) is 51.4 cm³/mol. The number of carboxylic acids is 1. The van der Waals surface area contributed by atoms with E-state index in [9.17, 15) is 9.59 Å². The Bertz CT molecular complexity index is 403. The van der Waals surface area contributed by atoms with Crippen LogP contribution in [0.3, 0.4) is 0 Å². The lowest BCUT2D eigenvalue weighted by Gasteiger charge is -2.06. The van der Waals surface area contributed by atoms with Gasteiger partial charge in [-0.2, -0.15) is 0 Å². The molecule has 1 atom stereocenters. The van der Waals surface area contributed by atoms with Crippen molar-refractivity contribution < 1.29 is 9.90 Å². The van der Waals surface area contributed by atoms with Crippen LogP contribution in [0.1, 0.15) is 30.5 Å². The lowest BCUT2D eigenvalue weighted by atomic mass is 10.0. The first kappa shape index (κ1) is 10.6. The number of rotatable bonds is 3. The van der Waals surface area contributed by atoms with E-state index in [2.05, 4.69) is 5.10 Å². The minimum atomic E-state index is -0.860. The highest BCUT2D eigenvalue weighted by atomic mass is 16.4. The molecule has 1 heterocycles. The maximum Gasteiger partial charge on any atom is 0.304 e. The molecule has 0 amide bonds. The Hall–Kier alpha value is -1.52. The Labute approximate surface area is 81.3 Å². The number of nitrogens with one attached hydrogen (secondary N) is 1. The molecule has 5 heteroatoms. The largest absolute Gasteiger partial charge is 0.481 e. The zero-order valence-electron chi connectivity index (χ0n) is 8.50. The molecule has 0 radical (unpaired) electrons. The van der Waals surface area contributed by atoms with Crippen LogP contribution in [0.15, 0.2) is 4.79 Å². The Morgan fingerprint density at radius 3 is 2.57 bits per heavy atom. The van der Waals surface area contributed by atoms with E-state index in [-0.39, 0.29) is 17.9 Å². The molecule has 2 N–H and O–H groups in total. The van der Waals surface area contributed by atoms with Crippen LogP contribution in [0.5, 0.6) is 0 Å². The van der Waals surface area contributed by atoms with Crippen molar-refractivity contribution in [3.8, 4) is 0 Å². The summed E-state index contributed by atoms with van der Waals surface area (Å²) in [5, 5.41) is 11.5. The number of aromatic nitrogens is 2. The summed E-state index contributed by atoms with van der Waals surface area (Å²) in [6.07, 6.45) is 0.0286. The Morgan fingerprint density at radius 1 is 1.64 bits per heavy atom. The van der Waals surface area contributed by atoms with Gasteiger partial charge in [0, 0.05) is 24.2 Å². The molecule has 0 bridgehead atoms. The van der Waals surface area contributed by atoms with Crippen LogP contribution in [0.2, 0.25) is 0 Å². The number of aliphatic carboxylic acids is 1. The highest BCUT2D eigenvalue weighted by molar-refractivity contribution is 5.67. The number of nitrogens with zero attached hydrogens (tertiary/aromatic N) is 1. The molecular weight excluding hydrogens is 184 g/mol. The lowest BCUT2D eigenvalue weighted by Crippen LogP contribution is -2.13. The molecule has 0 aliphatic rings. The van der Waals surface area contributed by atoms with Crippen molar-refractivity contribution in [2.24, 2.45) is 7.05 Å². The monoisotopic (exact) mass is 198 g/mol. The minimum Gasteiger partial charge on any atom is -0.481 e. The van der Waals surface area contributed by atoms with Crippen LogP contribution in [-0.4, -0.2) is 20.9 Å². The number of aromatic amines is 1. The van der Waals surface area contributed by atoms with Crippen molar-refractivity contribution in [1.29, 1.82) is 0 Å². The van der Waals surface area contributed by atoms with Crippen molar-refractivity contribution in [2.45, 2.75) is 26.2 Å². The summed E-state index contributed by atoms with van der Waals surface area (Å²) in [5.41, 5.74) is 1.21. The molecule has 0 saturated heterocycles. The molecule has 78 valence electrons. The third kappa shape index (κ3) is 1.86. The summed E-state index contributed by atoms with van der Waals surface area (Å²) >= 11 is 0. The summed E-state index contributed by atoms with van der Waals surface area (Å²) in [6.45, 7) is 3.49. The van der Waals surface area contributed by atoms with E-state index >= 15 is 0 Å². The normalized spacial score (nSPS) is 12.8. The summed E-state index contributed by atoms with van der Waals surface area (Å²) in [5.74, 6) is -1.02. The summed E-state index contributed by atoms with van der Waals surface area (Å²) < 4.78 is 1.36. The molecule has 0 fully saturated rings. The average molecular weight is 198 g/mol. The maximum atomic E-state index is 11.4. The van der Waals surface area contributed by atoms with Gasteiger partial charge in [0.25, 0.3) is 5.56 Å². The van der Waals surface area contributed by atoms with E-state index in [1.54, 1.807) is 20.9 Å². The van der Waals surface area contributed by atoms with E-state index < -0.39 is 5.97 Å². The van der Waals surface area contributed by atoms with E-state index in [1.165, 1.54) is 4.68 Å². The minimum absolute atomic E-state index is 0.0286. The van der Waals surface area contributed by atoms with Gasteiger partial charge in [0.15, 0.2) is 0 Å². The summed E-state index contributed by atoms with van der Waals surface area (Å²) in [4.78, 5) is 21.9. The number of carbonyl (C=O) groups is 1. The number of hydrogen-bond acceptors (Lipinski definition) is 2. The van der Waals surface area contributed by atoms with Gasteiger partial charge >= 0.3 is 5.97 Å². The molecule has 1 aromatic rings. The van der Waals surface area contributed by atoms with Crippen molar-refractivity contribution in [1.82, 2.24) is 9.78 Å². The molecule has 0 saturated carbocycles. The van der Waals surface area contributed by atoms with Gasteiger partial charge in [-0.1, -0.05) is 6.92 Å². The fourth-order valence-corrected chi connectivity index (χ4v) is 1.53. The zero-order valence-corrected chi connectivity index (χ0v) is 8.50. The van der Waals surface area contributed by atoms with Gasteiger partial charge in [-0.15, -0.1) is 0 Å². The third-order valence-electron chi connectivity index (χ3n) is 2.29. The summed E-state index contributed by atoms with van der Waals surface area (Å²) in [6, 6.07) is 0. The zero-order chi connectivity index (χ0) is 10.9. The maximum absolute atomic E-state index is 11.4. The van der Waals surface area contributed by atoms with E-state index in [0.29, 0.717) is 11.3 Å². The third-order valence-corrected chi connectivity index (χ3v) is 2.29. The fourth-order valence-electron chi connectivity index (χ4n) is 1.53. The summed E-state index contributed by atoms with van der Waals surface area (Å²) in [7, 11) is 1.62. The van der Waals surface area contributed by atoms with Gasteiger partial charge in [0.2, 0.25) is 0 Å². The Balaban J connectivity index is 3.01. The van der Waals surface area contributed by atoms with Gasteiger partial charge in [-0.05, 0) is 6.92 Å². The number of aryl methyl sites for hydroxylation is 1. The molecule has 14 heavy (non-hydrogen) atoms. The molecule has 0 aliphatic heterocycles. The van der Waals surface area contributed by atoms with E-state index in [1.807, 2.05) is 0 Å². The number of hydrogen-bond donors (Lipinski definition) is 2. The van der Waals surface area contributed by atoms with Crippen LogP contribution in [0, 0.1) is 6.92 Å². The lowest BCUT2D eigenvalue weighted by molar-refractivity contribution is -0.137. The molecule has 0 aromatic carbocycles. The molecule has 0 spiro atoms. The van der Waals surface area contributed by atoms with Crippen molar-refractivity contribution in [3.05, 3.63) is 21.6 Å². The second-order valence-electron chi connectivity index (χ2n) is 3.51. The first-order valence-corrected chi connectivity index (χ1v) is 4.40. The second kappa shape index (κ2) is 3.69. The van der Waals surface area contributed by atoms with Gasteiger partial charge in [-0.25, -0.2) is 0 Å². The first-order valence-electron chi connectivity index (χ1n) is 4.40. The smallest absolute Gasteiger partial charge is 0.304 e. The number of H-pyrrole nitrogens is 1. The van der Waals surface area contributed by atoms with Crippen LogP contribution in [0.4, 0.5) is 0 Å². The SMILES string of the molecule is Cc1c(C(C)CC(=O)O)[nH]n(C)c1=O. The van der Waals surface area contributed by atoms with Crippen LogP contribution < -0.4 is 5.56 Å². The second-order valence-corrected chi connectivity index (χ2v) is 3.51. The highest BCUT2D eigenvalue weighted by Crippen LogP contribution is 2.17. The molecule has 0 aliphatic carbocycles. The topological polar surface area (TPSA) is 75.1 Å². The van der Waals surface area contributed by atoms with Crippen molar-refractivity contribution >= 4 is 5.97 Å². The molecule has 1 rings (SSSR count). The van der Waals surface area contributed by atoms with Crippen LogP contribution in [0.25, 0.3) is 0 Å². The molecular formula is C9H14N2O3. The quantitative estimate of drug-likeness (QED) is 0.746. The standard InChI is InChI=1S/C9H14N2O3/c1-5(4-7(12)13)8-6(2)9(14)11(3)10-8/h5,10H,4H2,1-3H3,(H,12,13). The first-order chi connectivity index (χ1) is 6.43. The van der Waals surface area contributed by atoms with Gasteiger partial charge < -0.3 is 5.11 Å². The van der Waals surface area contributed by atoms with Gasteiger partial charge in [-0.3, -0.25) is 19.4 Å².